The average molecular weight is 359 g/mol. The van der Waals surface area contributed by atoms with E-state index in [1.54, 1.807) is 30.3 Å². The molecule has 0 fully saturated rings. The predicted molar refractivity (Wildman–Crippen MR) is 95.3 cm³/mol. The second-order valence-corrected chi connectivity index (χ2v) is 8.28. The van der Waals surface area contributed by atoms with E-state index in [0.29, 0.717) is 13.2 Å². The largest absolute Gasteiger partial charge is 0.493 e. The Balaban J connectivity index is 1.46. The SMILES string of the molecule is O=C(CCS(=O)(=O)c1ccccc1)NC[C@H]1COc2ccccc2C1. The Kier molecular flexibility index (Phi) is 5.38. The Labute approximate surface area is 147 Å². The van der Waals surface area contributed by atoms with Crippen molar-refractivity contribution in [3.63, 3.8) is 0 Å². The number of ether oxygens (including phenoxy) is 1. The van der Waals surface area contributed by atoms with Gasteiger partial charge in [0.1, 0.15) is 5.75 Å². The zero-order valence-electron chi connectivity index (χ0n) is 13.9. The third kappa shape index (κ3) is 4.60. The fourth-order valence-corrected chi connectivity index (χ4v) is 4.10. The summed E-state index contributed by atoms with van der Waals surface area (Å²) in [5, 5.41) is 2.82. The molecule has 2 aromatic rings. The van der Waals surface area contributed by atoms with Crippen molar-refractivity contribution in [3.05, 3.63) is 60.2 Å². The van der Waals surface area contributed by atoms with Crippen LogP contribution in [0.15, 0.2) is 59.5 Å². The normalized spacial score (nSPS) is 16.6. The molecule has 6 heteroatoms. The summed E-state index contributed by atoms with van der Waals surface area (Å²) in [5.41, 5.74) is 1.14. The molecule has 0 aromatic heterocycles. The Hall–Kier alpha value is -2.34. The standard InChI is InChI=1S/C19H21NO4S/c21-19(10-11-25(22,23)17-7-2-1-3-8-17)20-13-15-12-16-6-4-5-9-18(16)24-14-15/h1-9,15H,10-14H2,(H,20,21)/t15-/m0/s1. The first kappa shape index (κ1) is 17.5. The van der Waals surface area contributed by atoms with Crippen molar-refractivity contribution in [3.8, 4) is 5.75 Å². The summed E-state index contributed by atoms with van der Waals surface area (Å²) in [6, 6.07) is 16.1. The number of amides is 1. The van der Waals surface area contributed by atoms with Gasteiger partial charge in [-0.05, 0) is 30.2 Å². The number of nitrogens with one attached hydrogen (secondary N) is 1. The van der Waals surface area contributed by atoms with Gasteiger partial charge in [-0.3, -0.25) is 4.79 Å². The van der Waals surface area contributed by atoms with Gasteiger partial charge in [-0.15, -0.1) is 0 Å². The molecule has 1 heterocycles. The van der Waals surface area contributed by atoms with E-state index in [2.05, 4.69) is 5.32 Å². The lowest BCUT2D eigenvalue weighted by atomic mass is 9.97. The van der Waals surface area contributed by atoms with Crippen LogP contribution in [-0.2, 0) is 21.1 Å². The summed E-state index contributed by atoms with van der Waals surface area (Å²) in [4.78, 5) is 12.2. The highest BCUT2D eigenvalue weighted by Crippen LogP contribution is 2.26. The van der Waals surface area contributed by atoms with E-state index < -0.39 is 9.84 Å². The summed E-state index contributed by atoms with van der Waals surface area (Å²) < 4.78 is 30.1. The minimum absolute atomic E-state index is 0.0403. The number of carbonyl (C=O) groups is 1. The van der Waals surface area contributed by atoms with Crippen molar-refractivity contribution in [1.82, 2.24) is 5.32 Å². The Bertz CT molecular complexity index is 834. The molecule has 1 atom stereocenters. The first-order chi connectivity index (χ1) is 12.0. The number of fused-ring (bicyclic) bond motifs is 1. The Morgan fingerprint density at radius 3 is 2.60 bits per heavy atom. The molecule has 0 unspecified atom stereocenters. The molecule has 132 valence electrons. The van der Waals surface area contributed by atoms with Gasteiger partial charge in [0.2, 0.25) is 5.91 Å². The highest BCUT2D eigenvalue weighted by molar-refractivity contribution is 7.91. The van der Waals surface area contributed by atoms with E-state index in [1.807, 2.05) is 24.3 Å². The third-order valence-corrected chi connectivity index (χ3v) is 5.98. The van der Waals surface area contributed by atoms with Crippen LogP contribution in [0.25, 0.3) is 0 Å². The molecule has 0 radical (unpaired) electrons. The van der Waals surface area contributed by atoms with Crippen LogP contribution in [-0.4, -0.2) is 33.2 Å². The molecular weight excluding hydrogens is 338 g/mol. The number of rotatable bonds is 6. The van der Waals surface area contributed by atoms with Gasteiger partial charge < -0.3 is 10.1 Å². The van der Waals surface area contributed by atoms with Crippen LogP contribution in [0.4, 0.5) is 0 Å². The van der Waals surface area contributed by atoms with E-state index >= 15 is 0 Å². The molecule has 1 aliphatic rings. The molecule has 3 rings (SSSR count). The van der Waals surface area contributed by atoms with Crippen molar-refractivity contribution in [2.75, 3.05) is 18.9 Å². The second-order valence-electron chi connectivity index (χ2n) is 6.17. The van der Waals surface area contributed by atoms with E-state index in [4.69, 9.17) is 4.74 Å². The van der Waals surface area contributed by atoms with Crippen molar-refractivity contribution < 1.29 is 17.9 Å². The summed E-state index contributed by atoms with van der Waals surface area (Å²) >= 11 is 0. The maximum atomic E-state index is 12.2. The smallest absolute Gasteiger partial charge is 0.221 e. The lowest BCUT2D eigenvalue weighted by Crippen LogP contribution is -2.35. The molecule has 25 heavy (non-hydrogen) atoms. The van der Waals surface area contributed by atoms with Crippen LogP contribution in [0.3, 0.4) is 0 Å². The molecule has 2 aromatic carbocycles. The molecule has 5 nitrogen and oxygen atoms in total. The van der Waals surface area contributed by atoms with Crippen LogP contribution in [0.2, 0.25) is 0 Å². The average Bonchev–Trinajstić information content (AvgIpc) is 2.65. The number of para-hydroxylation sites is 1. The van der Waals surface area contributed by atoms with Gasteiger partial charge in [-0.1, -0.05) is 36.4 Å². The lowest BCUT2D eigenvalue weighted by Gasteiger charge is -2.25. The quantitative estimate of drug-likeness (QED) is 0.858. The van der Waals surface area contributed by atoms with Gasteiger partial charge in [-0.25, -0.2) is 8.42 Å². The summed E-state index contributed by atoms with van der Waals surface area (Å²) in [6.45, 7) is 1.04. The first-order valence-corrected chi connectivity index (χ1v) is 9.95. The molecule has 0 aliphatic carbocycles. The number of hydrogen-bond donors (Lipinski definition) is 1. The van der Waals surface area contributed by atoms with Crippen molar-refractivity contribution >= 4 is 15.7 Å². The maximum Gasteiger partial charge on any atom is 0.221 e. The minimum Gasteiger partial charge on any atom is -0.493 e. The van der Waals surface area contributed by atoms with E-state index in [1.165, 1.54) is 0 Å². The predicted octanol–water partition coefficient (Wildman–Crippen LogP) is 2.22. The zero-order valence-corrected chi connectivity index (χ0v) is 14.7. The third-order valence-electron chi connectivity index (χ3n) is 4.24. The van der Waals surface area contributed by atoms with Gasteiger partial charge in [-0.2, -0.15) is 0 Å². The van der Waals surface area contributed by atoms with Crippen LogP contribution >= 0.6 is 0 Å². The molecule has 1 amide bonds. The molecule has 0 saturated carbocycles. The van der Waals surface area contributed by atoms with E-state index in [9.17, 15) is 13.2 Å². The summed E-state index contributed by atoms with van der Waals surface area (Å²) in [7, 11) is -3.42. The van der Waals surface area contributed by atoms with Crippen LogP contribution < -0.4 is 10.1 Å². The highest BCUT2D eigenvalue weighted by atomic mass is 32.2. The zero-order chi connectivity index (χ0) is 17.7. The maximum absolute atomic E-state index is 12.2. The van der Waals surface area contributed by atoms with Crippen molar-refractivity contribution in [2.45, 2.75) is 17.7 Å². The summed E-state index contributed by atoms with van der Waals surface area (Å²) in [5.74, 6) is 0.661. The Morgan fingerprint density at radius 2 is 1.80 bits per heavy atom. The monoisotopic (exact) mass is 359 g/mol. The molecule has 0 bridgehead atoms. The fraction of sp³-hybridized carbons (Fsp3) is 0.316. The van der Waals surface area contributed by atoms with Crippen LogP contribution in [0.1, 0.15) is 12.0 Å². The Morgan fingerprint density at radius 1 is 1.08 bits per heavy atom. The number of carbonyl (C=O) groups excluding carboxylic acids is 1. The van der Waals surface area contributed by atoms with Crippen LogP contribution in [0.5, 0.6) is 5.75 Å². The molecule has 1 aliphatic heterocycles. The van der Waals surface area contributed by atoms with Gasteiger partial charge in [0.15, 0.2) is 9.84 Å². The number of sulfone groups is 1. The van der Waals surface area contributed by atoms with Gasteiger partial charge in [0.25, 0.3) is 0 Å². The second kappa shape index (κ2) is 7.70. The minimum atomic E-state index is -3.42. The molecule has 0 saturated heterocycles. The van der Waals surface area contributed by atoms with Gasteiger partial charge >= 0.3 is 0 Å². The van der Waals surface area contributed by atoms with Crippen molar-refractivity contribution in [1.29, 1.82) is 0 Å². The topological polar surface area (TPSA) is 72.5 Å². The highest BCUT2D eigenvalue weighted by Gasteiger charge is 2.21. The fourth-order valence-electron chi connectivity index (χ4n) is 2.84. The van der Waals surface area contributed by atoms with Crippen LogP contribution in [0, 0.1) is 5.92 Å². The lowest BCUT2D eigenvalue weighted by molar-refractivity contribution is -0.120. The van der Waals surface area contributed by atoms with E-state index in [0.717, 1.165) is 17.7 Å². The van der Waals surface area contributed by atoms with Crippen molar-refractivity contribution in [2.24, 2.45) is 5.92 Å². The molecular formula is C19H21NO4S. The number of hydrogen-bond acceptors (Lipinski definition) is 4. The molecule has 0 spiro atoms. The van der Waals surface area contributed by atoms with Gasteiger partial charge in [0.05, 0.1) is 17.3 Å². The van der Waals surface area contributed by atoms with E-state index in [-0.39, 0.29) is 28.9 Å². The number of benzene rings is 2. The molecule has 1 N–H and O–H groups in total. The summed E-state index contributed by atoms with van der Waals surface area (Å²) in [6.07, 6.45) is 0.806. The van der Waals surface area contributed by atoms with Gasteiger partial charge in [0, 0.05) is 18.9 Å². The first-order valence-electron chi connectivity index (χ1n) is 8.30.